The highest BCUT2D eigenvalue weighted by molar-refractivity contribution is 6.61. The number of nitrogens with zero attached hydrogens (tertiary/aromatic N) is 5. The molecule has 368 valence electrons. The van der Waals surface area contributed by atoms with Gasteiger partial charge in [-0.25, -0.2) is 37.1 Å². The quantitative estimate of drug-likeness (QED) is 0.0255. The molecule has 0 bridgehead atoms. The smallest absolute Gasteiger partial charge is 0.436 e. The monoisotopic (exact) mass is 1020 g/mol. The van der Waals surface area contributed by atoms with E-state index in [2.05, 4.69) is 62.9 Å². The SMILES string of the molecule is COC[C@H](C)N=C(NC(=O)c1ccc(F)c(F)c1)Nc1n[nH]c2cc(C)ccc12.COC[C@H](C)N=C(NC(=O)c1ccc(F)c(F)c1)Nc1nn(C(=O)OCCl)c2cc(C)ccc12.O=C(Cl)OCCl. The molecule has 2 aromatic heterocycles. The number of ether oxygens (including phenoxy) is 4. The number of aliphatic imine (C=N–C) groups is 2. The van der Waals surface area contributed by atoms with Crippen molar-refractivity contribution in [1.82, 2.24) is 30.6 Å². The third-order valence-electron chi connectivity index (χ3n) is 8.89. The minimum Gasteiger partial charge on any atom is -0.437 e. The van der Waals surface area contributed by atoms with Gasteiger partial charge in [-0.3, -0.25) is 25.3 Å². The minimum absolute atomic E-state index is 0.0414. The zero-order valence-corrected chi connectivity index (χ0v) is 39.8. The van der Waals surface area contributed by atoms with Crippen LogP contribution in [-0.4, -0.2) is 107 Å². The number of nitrogens with one attached hydrogen (secondary N) is 5. The molecular formula is C44H45Cl3F4N10O8. The number of hydrogen-bond donors (Lipinski definition) is 5. The number of hydrogen-bond acceptors (Lipinski definition) is 12. The fourth-order valence-electron chi connectivity index (χ4n) is 5.88. The molecule has 0 radical (unpaired) electrons. The number of methoxy groups -OCH3 is 2. The van der Waals surface area contributed by atoms with E-state index in [1.165, 1.54) is 13.2 Å². The molecule has 2 atom stereocenters. The van der Waals surface area contributed by atoms with Crippen molar-refractivity contribution >= 4 is 103 Å². The Bertz CT molecular complexity index is 2830. The first kappa shape index (κ1) is 54.8. The summed E-state index contributed by atoms with van der Waals surface area (Å²) in [5.74, 6) is -5.03. The van der Waals surface area contributed by atoms with E-state index in [0.29, 0.717) is 23.3 Å². The van der Waals surface area contributed by atoms with Gasteiger partial charge in [0, 0.05) is 47.7 Å². The van der Waals surface area contributed by atoms with Crippen molar-refractivity contribution in [2.24, 2.45) is 9.98 Å². The van der Waals surface area contributed by atoms with Crippen molar-refractivity contribution in [2.45, 2.75) is 39.8 Å². The summed E-state index contributed by atoms with van der Waals surface area (Å²) in [7, 11) is 3.04. The van der Waals surface area contributed by atoms with E-state index in [-0.39, 0.29) is 53.6 Å². The Morgan fingerprint density at radius 3 is 1.64 bits per heavy atom. The normalized spacial score (nSPS) is 12.2. The van der Waals surface area contributed by atoms with Crippen molar-refractivity contribution < 1.29 is 55.7 Å². The first-order valence-corrected chi connectivity index (χ1v) is 21.6. The van der Waals surface area contributed by atoms with E-state index in [0.717, 1.165) is 57.0 Å². The van der Waals surface area contributed by atoms with Gasteiger partial charge in [0.15, 0.2) is 47.0 Å². The zero-order chi connectivity index (χ0) is 50.8. The number of carbonyl (C=O) groups is 4. The van der Waals surface area contributed by atoms with Crippen molar-refractivity contribution in [3.63, 3.8) is 0 Å². The summed E-state index contributed by atoms with van der Waals surface area (Å²) >= 11 is 15.0. The van der Waals surface area contributed by atoms with Gasteiger partial charge in [0.25, 0.3) is 11.8 Å². The second-order valence-corrected chi connectivity index (χ2v) is 15.1. The number of guanidine groups is 2. The lowest BCUT2D eigenvalue weighted by Crippen LogP contribution is -2.37. The first-order valence-electron chi connectivity index (χ1n) is 20.1. The zero-order valence-electron chi connectivity index (χ0n) is 37.6. The number of alkyl halides is 2. The summed E-state index contributed by atoms with van der Waals surface area (Å²) in [6.07, 6.45) is -0.796. The van der Waals surface area contributed by atoms with Crippen LogP contribution >= 0.6 is 34.8 Å². The van der Waals surface area contributed by atoms with Gasteiger partial charge in [0.2, 0.25) is 11.9 Å². The highest BCUT2D eigenvalue weighted by Gasteiger charge is 2.21. The highest BCUT2D eigenvalue weighted by Crippen LogP contribution is 2.25. The predicted octanol–water partition coefficient (Wildman–Crippen LogP) is 8.98. The number of amides is 2. The van der Waals surface area contributed by atoms with E-state index >= 15 is 0 Å². The number of anilines is 2. The fourth-order valence-corrected chi connectivity index (χ4v) is 6.19. The predicted molar refractivity (Wildman–Crippen MR) is 253 cm³/mol. The van der Waals surface area contributed by atoms with Crippen LogP contribution in [0, 0.1) is 37.1 Å². The largest absolute Gasteiger partial charge is 0.437 e. The lowest BCUT2D eigenvalue weighted by molar-refractivity contribution is 0.0967. The van der Waals surface area contributed by atoms with Crippen molar-refractivity contribution in [3.05, 3.63) is 118 Å². The maximum absolute atomic E-state index is 13.6. The average Bonchev–Trinajstić information content (AvgIpc) is 3.85. The van der Waals surface area contributed by atoms with Crippen LogP contribution in [0.2, 0.25) is 0 Å². The number of carbonyl (C=O) groups excluding carboxylic acids is 4. The van der Waals surface area contributed by atoms with Crippen LogP contribution in [0.3, 0.4) is 0 Å². The Labute approximate surface area is 406 Å². The number of aromatic nitrogens is 4. The first-order chi connectivity index (χ1) is 32.9. The molecule has 5 N–H and O–H groups in total. The van der Waals surface area contributed by atoms with E-state index in [1.807, 2.05) is 38.1 Å². The fraction of sp³-hybridized carbons (Fsp3) is 0.273. The summed E-state index contributed by atoms with van der Waals surface area (Å²) in [6.45, 7) is 7.93. The molecule has 6 aromatic rings. The molecule has 0 fully saturated rings. The molecule has 0 aliphatic rings. The standard InChI is InChI=1S/C22H22ClF2N5O4.C20H21F2N5O2.C2H2Cl2O2/c1-12-4-6-15-18(8-12)30(22(32)34-11-23)29-19(15)27-21(26-13(2)10-33-3)28-20(31)14-5-7-16(24)17(25)9-14;1-11-4-6-14-17(8-11)26-27-18(14)24-20(23-12(2)10-29-3)25-19(28)13-5-7-15(21)16(22)9-13;3-1-6-2(4)5/h4-9,13H,10-11H2,1-3H3,(H2,26,27,28,29,31);4-9,12H,10H2,1-3H3,(H3,23,24,25,26,27,28);1H2/t13-;12-;/m00./s1. The topological polar surface area (TPSA) is 225 Å². The van der Waals surface area contributed by atoms with Crippen LogP contribution in [0.15, 0.2) is 82.8 Å². The van der Waals surface area contributed by atoms with Gasteiger partial charge in [0.1, 0.15) is 0 Å². The van der Waals surface area contributed by atoms with Crippen molar-refractivity contribution in [1.29, 1.82) is 0 Å². The number of benzene rings is 4. The van der Waals surface area contributed by atoms with E-state index in [9.17, 15) is 36.7 Å². The molecule has 69 heavy (non-hydrogen) atoms. The van der Waals surface area contributed by atoms with Crippen LogP contribution in [0.5, 0.6) is 0 Å². The van der Waals surface area contributed by atoms with Crippen LogP contribution in [0.4, 0.5) is 38.8 Å². The van der Waals surface area contributed by atoms with Crippen molar-refractivity contribution in [3.8, 4) is 0 Å². The lowest BCUT2D eigenvalue weighted by atomic mass is 10.2. The van der Waals surface area contributed by atoms with Gasteiger partial charge in [-0.15, -0.1) is 5.10 Å². The Hall–Kier alpha value is -6.85. The Morgan fingerprint density at radius 2 is 1.17 bits per heavy atom. The number of rotatable bonds is 12. The van der Waals surface area contributed by atoms with Gasteiger partial charge in [-0.05, 0) is 99.5 Å². The second-order valence-electron chi connectivity index (χ2n) is 14.4. The number of H-pyrrole nitrogens is 1. The summed E-state index contributed by atoms with van der Waals surface area (Å²) in [6, 6.07) is 15.5. The summed E-state index contributed by atoms with van der Waals surface area (Å²) < 4.78 is 73.4. The number of aromatic amines is 1. The van der Waals surface area contributed by atoms with Crippen LogP contribution in [0.1, 0.15) is 45.7 Å². The van der Waals surface area contributed by atoms with E-state index < -0.39 is 52.6 Å². The molecule has 0 saturated carbocycles. The molecule has 4 aromatic carbocycles. The van der Waals surface area contributed by atoms with Crippen LogP contribution in [0.25, 0.3) is 21.8 Å². The van der Waals surface area contributed by atoms with Crippen LogP contribution in [-0.2, 0) is 18.9 Å². The molecule has 0 aliphatic carbocycles. The molecular weight excluding hydrogens is 979 g/mol. The third-order valence-corrected chi connectivity index (χ3v) is 9.22. The average molecular weight is 1020 g/mol. The van der Waals surface area contributed by atoms with E-state index in [1.54, 1.807) is 33.1 Å². The van der Waals surface area contributed by atoms with Gasteiger partial charge in [-0.1, -0.05) is 35.3 Å². The minimum atomic E-state index is -1.16. The van der Waals surface area contributed by atoms with Gasteiger partial charge in [0.05, 0.1) is 36.3 Å². The van der Waals surface area contributed by atoms with Gasteiger partial charge < -0.3 is 29.6 Å². The second kappa shape index (κ2) is 26.6. The Kier molecular flexibility index (Phi) is 21.1. The molecule has 0 aliphatic heterocycles. The molecule has 18 nitrogen and oxygen atoms in total. The number of halogens is 7. The Balaban J connectivity index is 0.000000271. The summed E-state index contributed by atoms with van der Waals surface area (Å²) in [5, 5.41) is 23.7. The molecule has 25 heteroatoms. The van der Waals surface area contributed by atoms with E-state index in [4.69, 9.17) is 37.4 Å². The molecule has 0 unspecified atom stereocenters. The van der Waals surface area contributed by atoms with Crippen LogP contribution < -0.4 is 21.3 Å². The molecule has 0 saturated heterocycles. The molecule has 2 heterocycles. The maximum atomic E-state index is 13.6. The van der Waals surface area contributed by atoms with Gasteiger partial charge >= 0.3 is 11.5 Å². The molecule has 2 amide bonds. The highest BCUT2D eigenvalue weighted by atomic mass is 35.5. The summed E-state index contributed by atoms with van der Waals surface area (Å²) in [4.78, 5) is 55.8. The Morgan fingerprint density at radius 1 is 0.681 bits per heavy atom. The molecule has 0 spiro atoms. The lowest BCUT2D eigenvalue weighted by Gasteiger charge is -2.13. The van der Waals surface area contributed by atoms with Crippen molar-refractivity contribution in [2.75, 3.05) is 50.2 Å². The number of aryl methyl sites for hydroxylation is 2. The summed E-state index contributed by atoms with van der Waals surface area (Å²) in [5.41, 5.74) is 2.17. The molecule has 6 rings (SSSR count). The number of fused-ring (bicyclic) bond motifs is 2. The third kappa shape index (κ3) is 16.4. The van der Waals surface area contributed by atoms with Gasteiger partial charge in [-0.2, -0.15) is 9.78 Å². The maximum Gasteiger partial charge on any atom is 0.436 e.